The lowest BCUT2D eigenvalue weighted by Gasteiger charge is -2.19. The van der Waals surface area contributed by atoms with Gasteiger partial charge in [-0.1, -0.05) is 67.1 Å². The highest BCUT2D eigenvalue weighted by atomic mass is 16.1. The molecule has 1 nitrogen and oxygen atoms in total. The zero-order chi connectivity index (χ0) is 16.7. The van der Waals surface area contributed by atoms with Crippen molar-refractivity contribution < 1.29 is 4.79 Å². The summed E-state index contributed by atoms with van der Waals surface area (Å²) in [6.45, 7) is 4.10. The minimum atomic E-state index is 0.177. The Morgan fingerprint density at radius 1 is 0.917 bits per heavy atom. The van der Waals surface area contributed by atoms with Crippen molar-refractivity contribution >= 4 is 22.6 Å². The predicted molar refractivity (Wildman–Crippen MR) is 101 cm³/mol. The van der Waals surface area contributed by atoms with Crippen LogP contribution in [-0.4, -0.2) is 5.78 Å². The summed E-state index contributed by atoms with van der Waals surface area (Å²) in [6, 6.07) is 21.1. The molecule has 1 unspecified atom stereocenters. The number of rotatable bonds is 3. The van der Waals surface area contributed by atoms with Gasteiger partial charge in [0, 0.05) is 17.9 Å². The van der Waals surface area contributed by atoms with Crippen LogP contribution in [0.3, 0.4) is 0 Å². The fourth-order valence-corrected chi connectivity index (χ4v) is 3.82. The number of fused-ring (bicyclic) bond motifs is 2. The molecule has 0 saturated carbocycles. The van der Waals surface area contributed by atoms with Crippen LogP contribution in [0, 0.1) is 0 Å². The van der Waals surface area contributed by atoms with Crippen molar-refractivity contribution in [3.05, 3.63) is 88.5 Å². The van der Waals surface area contributed by atoms with E-state index in [2.05, 4.69) is 67.6 Å². The molecule has 0 bridgehead atoms. The fraction of sp³-hybridized carbons (Fsp3) is 0.174. The molecule has 1 atom stereocenters. The second-order valence-electron chi connectivity index (χ2n) is 6.51. The zero-order valence-electron chi connectivity index (χ0n) is 14.0. The molecule has 0 saturated heterocycles. The Kier molecular flexibility index (Phi) is 3.57. The summed E-state index contributed by atoms with van der Waals surface area (Å²) < 4.78 is 0. The molecule has 0 radical (unpaired) electrons. The van der Waals surface area contributed by atoms with Crippen LogP contribution in [0.5, 0.6) is 0 Å². The van der Waals surface area contributed by atoms with Crippen LogP contribution < -0.4 is 0 Å². The SMILES string of the molecule is CCC(=O)c1cc2ccccc2cc1C1C(C)=Cc2ccccc21. The van der Waals surface area contributed by atoms with E-state index in [9.17, 15) is 4.79 Å². The van der Waals surface area contributed by atoms with Gasteiger partial charge in [-0.2, -0.15) is 0 Å². The summed E-state index contributed by atoms with van der Waals surface area (Å²) >= 11 is 0. The van der Waals surface area contributed by atoms with Gasteiger partial charge in [0.2, 0.25) is 0 Å². The Hall–Kier alpha value is -2.67. The summed E-state index contributed by atoms with van der Waals surface area (Å²) in [7, 11) is 0. The van der Waals surface area contributed by atoms with Crippen molar-refractivity contribution in [2.24, 2.45) is 0 Å². The minimum Gasteiger partial charge on any atom is -0.294 e. The minimum absolute atomic E-state index is 0.177. The second-order valence-corrected chi connectivity index (χ2v) is 6.51. The maximum absolute atomic E-state index is 12.6. The van der Waals surface area contributed by atoms with Crippen LogP contribution in [0.4, 0.5) is 0 Å². The number of allylic oxidation sites excluding steroid dienone is 1. The zero-order valence-corrected chi connectivity index (χ0v) is 14.0. The van der Waals surface area contributed by atoms with E-state index in [1.54, 1.807) is 0 Å². The third-order valence-corrected chi connectivity index (χ3v) is 5.00. The highest BCUT2D eigenvalue weighted by molar-refractivity contribution is 6.02. The van der Waals surface area contributed by atoms with Gasteiger partial charge in [-0.05, 0) is 46.5 Å². The maximum atomic E-state index is 12.6. The lowest BCUT2D eigenvalue weighted by molar-refractivity contribution is 0.0987. The van der Waals surface area contributed by atoms with Crippen molar-refractivity contribution in [3.8, 4) is 0 Å². The van der Waals surface area contributed by atoms with E-state index in [1.807, 2.05) is 13.0 Å². The topological polar surface area (TPSA) is 17.1 Å². The molecule has 0 fully saturated rings. The van der Waals surface area contributed by atoms with E-state index >= 15 is 0 Å². The molecule has 118 valence electrons. The Labute approximate surface area is 142 Å². The highest BCUT2D eigenvalue weighted by Crippen LogP contribution is 2.43. The van der Waals surface area contributed by atoms with Gasteiger partial charge in [0.15, 0.2) is 5.78 Å². The molecule has 4 rings (SSSR count). The monoisotopic (exact) mass is 312 g/mol. The molecule has 0 amide bonds. The highest BCUT2D eigenvalue weighted by Gasteiger charge is 2.27. The number of hydrogen-bond acceptors (Lipinski definition) is 1. The van der Waals surface area contributed by atoms with Crippen molar-refractivity contribution in [1.82, 2.24) is 0 Å². The third-order valence-electron chi connectivity index (χ3n) is 5.00. The van der Waals surface area contributed by atoms with E-state index in [0.717, 1.165) is 16.5 Å². The Morgan fingerprint density at radius 2 is 1.58 bits per heavy atom. The van der Waals surface area contributed by atoms with Crippen LogP contribution in [-0.2, 0) is 0 Å². The molecule has 0 N–H and O–H groups in total. The average Bonchev–Trinajstić information content (AvgIpc) is 2.95. The molecule has 1 heteroatoms. The summed E-state index contributed by atoms with van der Waals surface area (Å²) in [5.74, 6) is 0.393. The smallest absolute Gasteiger partial charge is 0.162 e. The third kappa shape index (κ3) is 2.28. The van der Waals surface area contributed by atoms with E-state index in [-0.39, 0.29) is 11.7 Å². The quantitative estimate of drug-likeness (QED) is 0.544. The number of ketones is 1. The summed E-state index contributed by atoms with van der Waals surface area (Å²) in [5, 5.41) is 2.32. The number of Topliss-reactive ketones (excluding diaryl/α,β-unsaturated/α-hetero) is 1. The van der Waals surface area contributed by atoms with E-state index < -0.39 is 0 Å². The van der Waals surface area contributed by atoms with Gasteiger partial charge in [0.05, 0.1) is 0 Å². The van der Waals surface area contributed by atoms with Crippen molar-refractivity contribution in [2.75, 3.05) is 0 Å². The summed E-state index contributed by atoms with van der Waals surface area (Å²) in [4.78, 5) is 12.6. The molecule has 0 aliphatic heterocycles. The summed E-state index contributed by atoms with van der Waals surface area (Å²) in [6.07, 6.45) is 2.78. The van der Waals surface area contributed by atoms with Gasteiger partial charge in [-0.15, -0.1) is 0 Å². The van der Waals surface area contributed by atoms with Crippen LogP contribution >= 0.6 is 0 Å². The fourth-order valence-electron chi connectivity index (χ4n) is 3.82. The van der Waals surface area contributed by atoms with Gasteiger partial charge >= 0.3 is 0 Å². The average molecular weight is 312 g/mol. The second kappa shape index (κ2) is 5.76. The lowest BCUT2D eigenvalue weighted by atomic mass is 9.83. The number of hydrogen-bond donors (Lipinski definition) is 0. The Morgan fingerprint density at radius 3 is 2.33 bits per heavy atom. The van der Waals surface area contributed by atoms with Gasteiger partial charge in [-0.25, -0.2) is 0 Å². The molecule has 3 aromatic rings. The standard InChI is InChI=1S/C23H20O/c1-3-22(24)20-13-16-8-4-5-9-17(16)14-21(20)23-15(2)12-18-10-6-7-11-19(18)23/h4-14,23H,3H2,1-2H3. The summed E-state index contributed by atoms with van der Waals surface area (Å²) in [5.41, 5.74) is 5.88. The first kappa shape index (κ1) is 14.9. The van der Waals surface area contributed by atoms with Crippen molar-refractivity contribution in [1.29, 1.82) is 0 Å². The van der Waals surface area contributed by atoms with Crippen LogP contribution in [0.1, 0.15) is 53.2 Å². The van der Waals surface area contributed by atoms with Gasteiger partial charge in [0.25, 0.3) is 0 Å². The molecule has 1 aliphatic carbocycles. The number of carbonyl (C=O) groups is 1. The van der Waals surface area contributed by atoms with Crippen LogP contribution in [0.25, 0.3) is 16.8 Å². The first-order chi connectivity index (χ1) is 11.7. The van der Waals surface area contributed by atoms with Crippen molar-refractivity contribution in [2.45, 2.75) is 26.2 Å². The molecular formula is C23H20O. The first-order valence-corrected chi connectivity index (χ1v) is 8.52. The molecule has 0 aromatic heterocycles. The van der Waals surface area contributed by atoms with Gasteiger partial charge in [0.1, 0.15) is 0 Å². The maximum Gasteiger partial charge on any atom is 0.162 e. The molecule has 1 aliphatic rings. The van der Waals surface area contributed by atoms with Crippen molar-refractivity contribution in [3.63, 3.8) is 0 Å². The lowest BCUT2D eigenvalue weighted by Crippen LogP contribution is -2.08. The van der Waals surface area contributed by atoms with Crippen LogP contribution in [0.15, 0.2) is 66.2 Å². The number of benzene rings is 3. The van der Waals surface area contributed by atoms with E-state index in [0.29, 0.717) is 6.42 Å². The molecule has 0 spiro atoms. The Balaban J connectivity index is 1.99. The van der Waals surface area contributed by atoms with Gasteiger partial charge in [-0.3, -0.25) is 4.79 Å². The van der Waals surface area contributed by atoms with E-state index in [4.69, 9.17) is 0 Å². The molecule has 24 heavy (non-hydrogen) atoms. The predicted octanol–water partition coefficient (Wildman–Crippen LogP) is 5.98. The molecule has 3 aromatic carbocycles. The first-order valence-electron chi connectivity index (χ1n) is 8.52. The largest absolute Gasteiger partial charge is 0.294 e. The van der Waals surface area contributed by atoms with Gasteiger partial charge < -0.3 is 0 Å². The van der Waals surface area contributed by atoms with E-state index in [1.165, 1.54) is 22.1 Å². The number of carbonyl (C=O) groups excluding carboxylic acids is 1. The molecule has 0 heterocycles. The Bertz CT molecular complexity index is 978. The molecular weight excluding hydrogens is 292 g/mol. The normalized spacial score (nSPS) is 16.1. The van der Waals surface area contributed by atoms with Crippen LogP contribution in [0.2, 0.25) is 0 Å².